The van der Waals surface area contributed by atoms with Gasteiger partial charge in [-0.3, -0.25) is 4.79 Å². The first-order valence-corrected chi connectivity index (χ1v) is 6.01. The summed E-state index contributed by atoms with van der Waals surface area (Å²) in [6, 6.07) is 8.93. The standard InChI is InChI=1S/C14H17N3O2/c1-9(15)12-8-13(16-17(2)14(12)18)10-4-6-11(19-3)7-5-10/h4-9H,15H2,1-3H3. The maximum absolute atomic E-state index is 11.9. The van der Waals surface area contributed by atoms with Gasteiger partial charge in [-0.05, 0) is 37.3 Å². The largest absolute Gasteiger partial charge is 0.497 e. The van der Waals surface area contributed by atoms with Gasteiger partial charge in [0.25, 0.3) is 5.56 Å². The van der Waals surface area contributed by atoms with Crippen LogP contribution in [0.2, 0.25) is 0 Å². The molecule has 1 heterocycles. The molecular formula is C14H17N3O2. The minimum Gasteiger partial charge on any atom is -0.497 e. The highest BCUT2D eigenvalue weighted by atomic mass is 16.5. The predicted octanol–water partition coefficient (Wildman–Crippen LogP) is 1.48. The van der Waals surface area contributed by atoms with Crippen molar-refractivity contribution >= 4 is 0 Å². The van der Waals surface area contributed by atoms with E-state index in [4.69, 9.17) is 10.5 Å². The van der Waals surface area contributed by atoms with Crippen LogP contribution in [0.25, 0.3) is 11.3 Å². The number of rotatable bonds is 3. The first-order valence-electron chi connectivity index (χ1n) is 6.01. The number of aryl methyl sites for hydroxylation is 1. The van der Waals surface area contributed by atoms with E-state index in [9.17, 15) is 4.79 Å². The van der Waals surface area contributed by atoms with Crippen LogP contribution in [0.4, 0.5) is 0 Å². The van der Waals surface area contributed by atoms with Gasteiger partial charge in [-0.1, -0.05) is 0 Å². The summed E-state index contributed by atoms with van der Waals surface area (Å²) in [4.78, 5) is 11.9. The van der Waals surface area contributed by atoms with Gasteiger partial charge in [0.2, 0.25) is 0 Å². The van der Waals surface area contributed by atoms with E-state index in [0.717, 1.165) is 17.0 Å². The van der Waals surface area contributed by atoms with Crippen molar-refractivity contribution in [1.29, 1.82) is 0 Å². The van der Waals surface area contributed by atoms with Crippen LogP contribution in [0.1, 0.15) is 18.5 Å². The van der Waals surface area contributed by atoms with Crippen molar-refractivity contribution < 1.29 is 4.74 Å². The molecule has 1 aromatic carbocycles. The zero-order valence-corrected chi connectivity index (χ0v) is 11.3. The molecule has 5 heteroatoms. The lowest BCUT2D eigenvalue weighted by atomic mass is 10.1. The molecule has 2 rings (SSSR count). The second kappa shape index (κ2) is 5.24. The highest BCUT2D eigenvalue weighted by Gasteiger charge is 2.11. The second-order valence-electron chi connectivity index (χ2n) is 4.43. The molecule has 0 radical (unpaired) electrons. The number of hydrogen-bond donors (Lipinski definition) is 1. The molecule has 0 bridgehead atoms. The molecule has 0 saturated heterocycles. The predicted molar refractivity (Wildman–Crippen MR) is 74.1 cm³/mol. The van der Waals surface area contributed by atoms with Gasteiger partial charge >= 0.3 is 0 Å². The molecule has 19 heavy (non-hydrogen) atoms. The number of nitrogens with zero attached hydrogens (tertiary/aromatic N) is 2. The zero-order chi connectivity index (χ0) is 14.0. The Kier molecular flexibility index (Phi) is 3.66. The minimum absolute atomic E-state index is 0.160. The monoisotopic (exact) mass is 259 g/mol. The van der Waals surface area contributed by atoms with Crippen LogP contribution in [0, 0.1) is 0 Å². The second-order valence-corrected chi connectivity index (χ2v) is 4.43. The summed E-state index contributed by atoms with van der Waals surface area (Å²) < 4.78 is 6.43. The van der Waals surface area contributed by atoms with Crippen LogP contribution in [0.3, 0.4) is 0 Å². The van der Waals surface area contributed by atoms with Gasteiger partial charge in [0, 0.05) is 24.2 Å². The van der Waals surface area contributed by atoms with Gasteiger partial charge in [0.1, 0.15) is 5.75 Å². The third kappa shape index (κ3) is 2.66. The molecule has 1 aromatic heterocycles. The molecule has 0 saturated carbocycles. The molecule has 100 valence electrons. The molecule has 0 aliphatic rings. The fraction of sp³-hybridized carbons (Fsp3) is 0.286. The molecular weight excluding hydrogens is 242 g/mol. The van der Waals surface area contributed by atoms with Crippen LogP contribution in [0.15, 0.2) is 35.1 Å². The van der Waals surface area contributed by atoms with Crippen molar-refractivity contribution in [3.63, 3.8) is 0 Å². The summed E-state index contributed by atoms with van der Waals surface area (Å²) in [5.41, 5.74) is 7.85. The summed E-state index contributed by atoms with van der Waals surface area (Å²) in [7, 11) is 3.24. The number of hydrogen-bond acceptors (Lipinski definition) is 4. The zero-order valence-electron chi connectivity index (χ0n) is 11.3. The lowest BCUT2D eigenvalue weighted by Gasteiger charge is -2.10. The Morgan fingerprint density at radius 1 is 1.32 bits per heavy atom. The molecule has 0 aliphatic heterocycles. The summed E-state index contributed by atoms with van der Waals surface area (Å²) in [6.45, 7) is 1.79. The van der Waals surface area contributed by atoms with Crippen molar-refractivity contribution in [3.05, 3.63) is 46.2 Å². The topological polar surface area (TPSA) is 70.1 Å². The van der Waals surface area contributed by atoms with E-state index in [2.05, 4.69) is 5.10 Å². The van der Waals surface area contributed by atoms with E-state index in [0.29, 0.717) is 5.56 Å². The maximum atomic E-state index is 11.9. The lowest BCUT2D eigenvalue weighted by Crippen LogP contribution is -2.27. The molecule has 0 spiro atoms. The van der Waals surface area contributed by atoms with Crippen molar-refractivity contribution in [2.24, 2.45) is 12.8 Å². The third-order valence-electron chi connectivity index (χ3n) is 2.97. The van der Waals surface area contributed by atoms with E-state index < -0.39 is 0 Å². The van der Waals surface area contributed by atoms with Gasteiger partial charge in [0.15, 0.2) is 0 Å². The normalized spacial score (nSPS) is 12.2. The van der Waals surface area contributed by atoms with Crippen LogP contribution < -0.4 is 16.0 Å². The number of aromatic nitrogens is 2. The van der Waals surface area contributed by atoms with Crippen molar-refractivity contribution in [3.8, 4) is 17.0 Å². The first-order chi connectivity index (χ1) is 9.02. The summed E-state index contributed by atoms with van der Waals surface area (Å²) in [5.74, 6) is 0.779. The Balaban J connectivity index is 2.52. The first kappa shape index (κ1) is 13.3. The van der Waals surface area contributed by atoms with Crippen molar-refractivity contribution in [2.75, 3.05) is 7.11 Å². The maximum Gasteiger partial charge on any atom is 0.271 e. The highest BCUT2D eigenvalue weighted by Crippen LogP contribution is 2.21. The fourth-order valence-corrected chi connectivity index (χ4v) is 1.86. The summed E-state index contributed by atoms with van der Waals surface area (Å²) >= 11 is 0. The minimum atomic E-state index is -0.321. The van der Waals surface area contributed by atoms with Crippen LogP contribution >= 0.6 is 0 Å². The molecule has 0 amide bonds. The number of benzene rings is 1. The lowest BCUT2D eigenvalue weighted by molar-refractivity contribution is 0.415. The van der Waals surface area contributed by atoms with Gasteiger partial charge in [-0.25, -0.2) is 4.68 Å². The Morgan fingerprint density at radius 3 is 2.47 bits per heavy atom. The number of ether oxygens (including phenoxy) is 1. The number of nitrogens with two attached hydrogens (primary N) is 1. The molecule has 2 N–H and O–H groups in total. The third-order valence-corrected chi connectivity index (χ3v) is 2.97. The summed E-state index contributed by atoms with van der Waals surface area (Å²) in [6.07, 6.45) is 0. The molecule has 0 fully saturated rings. The van der Waals surface area contributed by atoms with E-state index in [1.54, 1.807) is 27.1 Å². The highest BCUT2D eigenvalue weighted by molar-refractivity contribution is 5.60. The number of methoxy groups -OCH3 is 1. The molecule has 1 unspecified atom stereocenters. The van der Waals surface area contributed by atoms with Crippen molar-refractivity contribution in [1.82, 2.24) is 9.78 Å². The summed E-state index contributed by atoms with van der Waals surface area (Å²) in [5, 5.41) is 4.25. The van der Waals surface area contributed by atoms with Crippen molar-refractivity contribution in [2.45, 2.75) is 13.0 Å². The Labute approximate surface area is 111 Å². The van der Waals surface area contributed by atoms with Crippen LogP contribution in [-0.4, -0.2) is 16.9 Å². The Morgan fingerprint density at radius 2 is 1.95 bits per heavy atom. The van der Waals surface area contributed by atoms with E-state index in [1.165, 1.54) is 4.68 Å². The average molecular weight is 259 g/mol. The molecule has 5 nitrogen and oxygen atoms in total. The van der Waals surface area contributed by atoms with E-state index >= 15 is 0 Å². The Bertz CT molecular complexity index is 630. The SMILES string of the molecule is COc1ccc(-c2cc(C(C)N)c(=O)n(C)n2)cc1. The Hall–Kier alpha value is -2.14. The quantitative estimate of drug-likeness (QED) is 0.906. The van der Waals surface area contributed by atoms with E-state index in [-0.39, 0.29) is 11.6 Å². The van der Waals surface area contributed by atoms with Gasteiger partial charge in [-0.2, -0.15) is 5.10 Å². The van der Waals surface area contributed by atoms with Crippen LogP contribution in [0.5, 0.6) is 5.75 Å². The smallest absolute Gasteiger partial charge is 0.271 e. The fourth-order valence-electron chi connectivity index (χ4n) is 1.86. The van der Waals surface area contributed by atoms with Gasteiger partial charge in [0.05, 0.1) is 12.8 Å². The van der Waals surface area contributed by atoms with E-state index in [1.807, 2.05) is 24.3 Å². The molecule has 2 aromatic rings. The molecule has 1 atom stereocenters. The molecule has 0 aliphatic carbocycles. The average Bonchev–Trinajstić information content (AvgIpc) is 2.41. The van der Waals surface area contributed by atoms with Crippen LogP contribution in [-0.2, 0) is 7.05 Å². The van der Waals surface area contributed by atoms with Gasteiger partial charge < -0.3 is 10.5 Å². The van der Waals surface area contributed by atoms with Gasteiger partial charge in [-0.15, -0.1) is 0 Å².